The molecule has 0 unspecified atom stereocenters. The summed E-state index contributed by atoms with van der Waals surface area (Å²) in [7, 11) is 0. The highest BCUT2D eigenvalue weighted by Crippen LogP contribution is 2.52. The Morgan fingerprint density at radius 3 is 1.64 bits per heavy atom. The summed E-state index contributed by atoms with van der Waals surface area (Å²) >= 11 is 0. The predicted octanol–water partition coefficient (Wildman–Crippen LogP) is 15.1. The van der Waals surface area contributed by atoms with Gasteiger partial charge in [-0.25, -0.2) is 0 Å². The number of benzene rings is 9. The molecule has 9 aromatic carbocycles. The fraction of sp³-hybridized carbons (Fsp3) is 0.0566. The van der Waals surface area contributed by atoms with Crippen molar-refractivity contribution in [1.29, 1.82) is 0 Å². The summed E-state index contributed by atoms with van der Waals surface area (Å²) in [4.78, 5) is 0. The largest absolute Gasteiger partial charge is 0.456 e. The van der Waals surface area contributed by atoms with Gasteiger partial charge in [-0.05, 0) is 102 Å². The van der Waals surface area contributed by atoms with Gasteiger partial charge < -0.3 is 8.83 Å². The number of furan rings is 2. The molecule has 0 aliphatic heterocycles. The van der Waals surface area contributed by atoms with Crippen LogP contribution in [0.3, 0.4) is 0 Å². The number of fused-ring (bicyclic) bond motifs is 11. The summed E-state index contributed by atoms with van der Waals surface area (Å²) in [5, 5.41) is 9.44. The van der Waals surface area contributed by atoms with Gasteiger partial charge in [0.25, 0.3) is 0 Å². The lowest BCUT2D eigenvalue weighted by Crippen LogP contribution is -2.15. The van der Waals surface area contributed by atoms with Gasteiger partial charge in [0.05, 0.1) is 0 Å². The van der Waals surface area contributed by atoms with Gasteiger partial charge in [0.2, 0.25) is 0 Å². The van der Waals surface area contributed by atoms with Crippen LogP contribution >= 0.6 is 0 Å². The molecule has 0 fully saturated rings. The fourth-order valence-electron chi connectivity index (χ4n) is 9.67. The van der Waals surface area contributed by atoms with Gasteiger partial charge in [0, 0.05) is 32.5 Å². The van der Waals surface area contributed by atoms with Crippen LogP contribution in [0, 0.1) is 0 Å². The lowest BCUT2D eigenvalue weighted by atomic mass is 9.80. The monoisotopic (exact) mass is 702 g/mol. The minimum atomic E-state index is -0.170. The van der Waals surface area contributed by atoms with Crippen molar-refractivity contribution in [2.24, 2.45) is 0 Å². The molecule has 0 amide bonds. The maximum atomic E-state index is 6.72. The van der Waals surface area contributed by atoms with E-state index in [1.165, 1.54) is 66.1 Å². The lowest BCUT2D eigenvalue weighted by Gasteiger charge is -2.23. The molecule has 0 saturated carbocycles. The standard InChI is InChI=1S/C53H34O2/c1-53(2)45-26-24-32(34-20-12-21-41-44-30-48-43(29-49(44)55-52(34)41)36-15-10-11-22-47(36)54-48)27-42(45)35-25-23-33(28-46(35)53)51-39-18-8-6-16-37(39)50(31-13-4-3-5-14-31)38-17-7-9-19-40(38)51/h3-30H,1-2H3. The molecule has 55 heavy (non-hydrogen) atoms. The molecular formula is C53H34O2. The van der Waals surface area contributed by atoms with Gasteiger partial charge >= 0.3 is 0 Å². The van der Waals surface area contributed by atoms with Crippen LogP contribution < -0.4 is 0 Å². The molecule has 2 heteroatoms. The van der Waals surface area contributed by atoms with Crippen molar-refractivity contribution in [1.82, 2.24) is 0 Å². The highest BCUT2D eigenvalue weighted by molar-refractivity contribution is 6.22. The van der Waals surface area contributed by atoms with E-state index in [0.717, 1.165) is 55.0 Å². The first-order chi connectivity index (χ1) is 27.0. The van der Waals surface area contributed by atoms with Crippen molar-refractivity contribution in [2.45, 2.75) is 19.3 Å². The predicted molar refractivity (Wildman–Crippen MR) is 230 cm³/mol. The molecule has 1 aliphatic rings. The van der Waals surface area contributed by atoms with E-state index in [4.69, 9.17) is 8.83 Å². The number of rotatable bonds is 3. The highest BCUT2D eigenvalue weighted by atomic mass is 16.3. The molecule has 0 radical (unpaired) electrons. The topological polar surface area (TPSA) is 26.3 Å². The SMILES string of the molecule is CC1(C)c2ccc(-c3cccc4c3oc3cc5c(cc34)oc3ccccc35)cc2-c2ccc(-c3c4ccccc4c(-c4ccccc4)c4ccccc34)cc21. The Morgan fingerprint density at radius 2 is 0.909 bits per heavy atom. The Bertz CT molecular complexity index is 3340. The molecule has 0 bridgehead atoms. The molecular weight excluding hydrogens is 669 g/mol. The van der Waals surface area contributed by atoms with Crippen LogP contribution in [-0.4, -0.2) is 0 Å². The number of hydrogen-bond acceptors (Lipinski definition) is 2. The van der Waals surface area contributed by atoms with Crippen molar-refractivity contribution in [2.75, 3.05) is 0 Å². The first kappa shape index (κ1) is 30.6. The van der Waals surface area contributed by atoms with Crippen LogP contribution in [0.2, 0.25) is 0 Å². The normalized spacial score (nSPS) is 13.4. The molecule has 0 saturated heterocycles. The molecule has 12 rings (SSSR count). The zero-order valence-corrected chi connectivity index (χ0v) is 30.5. The first-order valence-electron chi connectivity index (χ1n) is 19.1. The van der Waals surface area contributed by atoms with Crippen molar-refractivity contribution >= 4 is 65.4 Å². The molecule has 2 nitrogen and oxygen atoms in total. The van der Waals surface area contributed by atoms with E-state index < -0.39 is 0 Å². The van der Waals surface area contributed by atoms with Crippen molar-refractivity contribution < 1.29 is 8.83 Å². The third-order valence-corrected chi connectivity index (χ3v) is 12.3. The van der Waals surface area contributed by atoms with Crippen molar-refractivity contribution in [3.8, 4) is 44.5 Å². The molecule has 2 heterocycles. The van der Waals surface area contributed by atoms with Gasteiger partial charge in [0.1, 0.15) is 22.3 Å². The quantitative estimate of drug-likeness (QED) is 0.171. The summed E-state index contributed by atoms with van der Waals surface area (Å²) in [6.07, 6.45) is 0. The van der Waals surface area contributed by atoms with E-state index in [-0.39, 0.29) is 5.41 Å². The van der Waals surface area contributed by atoms with Crippen LogP contribution in [0.15, 0.2) is 179 Å². The molecule has 2 aromatic heterocycles. The van der Waals surface area contributed by atoms with E-state index in [1.807, 2.05) is 12.1 Å². The minimum Gasteiger partial charge on any atom is -0.456 e. The molecule has 258 valence electrons. The Morgan fingerprint density at radius 1 is 0.327 bits per heavy atom. The summed E-state index contributed by atoms with van der Waals surface area (Å²) in [5.41, 5.74) is 16.0. The van der Waals surface area contributed by atoms with Crippen LogP contribution in [0.4, 0.5) is 0 Å². The fourth-order valence-corrected chi connectivity index (χ4v) is 9.67. The number of para-hydroxylation sites is 2. The van der Waals surface area contributed by atoms with Gasteiger partial charge in [0.15, 0.2) is 0 Å². The van der Waals surface area contributed by atoms with E-state index in [1.54, 1.807) is 0 Å². The molecule has 0 spiro atoms. The van der Waals surface area contributed by atoms with Gasteiger partial charge in [-0.1, -0.05) is 153 Å². The van der Waals surface area contributed by atoms with E-state index in [0.29, 0.717) is 0 Å². The van der Waals surface area contributed by atoms with Crippen molar-refractivity contribution in [3.63, 3.8) is 0 Å². The summed E-state index contributed by atoms with van der Waals surface area (Å²) in [5.74, 6) is 0. The smallest absolute Gasteiger partial charge is 0.143 e. The minimum absolute atomic E-state index is 0.170. The molecule has 0 atom stereocenters. The third kappa shape index (κ3) is 4.25. The summed E-state index contributed by atoms with van der Waals surface area (Å²) in [6.45, 7) is 4.74. The third-order valence-electron chi connectivity index (χ3n) is 12.3. The van der Waals surface area contributed by atoms with Crippen LogP contribution in [-0.2, 0) is 5.41 Å². The summed E-state index contributed by atoms with van der Waals surface area (Å²) in [6, 6.07) is 61.8. The second-order valence-electron chi connectivity index (χ2n) is 15.6. The van der Waals surface area contributed by atoms with Crippen LogP contribution in [0.1, 0.15) is 25.0 Å². The average Bonchev–Trinajstić information content (AvgIpc) is 3.85. The zero-order chi connectivity index (χ0) is 36.4. The maximum absolute atomic E-state index is 6.72. The second kappa shape index (κ2) is 11.1. The van der Waals surface area contributed by atoms with E-state index in [9.17, 15) is 0 Å². The Kier molecular flexibility index (Phi) is 6.15. The van der Waals surface area contributed by atoms with E-state index >= 15 is 0 Å². The second-order valence-corrected chi connectivity index (χ2v) is 15.6. The summed E-state index contributed by atoms with van der Waals surface area (Å²) < 4.78 is 13.0. The Labute approximate surface area is 317 Å². The Hall–Kier alpha value is -6.90. The van der Waals surface area contributed by atoms with Crippen molar-refractivity contribution in [3.05, 3.63) is 181 Å². The van der Waals surface area contributed by atoms with E-state index in [2.05, 4.69) is 172 Å². The molecule has 11 aromatic rings. The van der Waals surface area contributed by atoms with Gasteiger partial charge in [-0.15, -0.1) is 0 Å². The molecule has 1 aliphatic carbocycles. The van der Waals surface area contributed by atoms with Gasteiger partial charge in [-0.2, -0.15) is 0 Å². The average molecular weight is 703 g/mol. The van der Waals surface area contributed by atoms with Crippen LogP contribution in [0.25, 0.3) is 110 Å². The first-order valence-corrected chi connectivity index (χ1v) is 19.1. The number of hydrogen-bond donors (Lipinski definition) is 0. The maximum Gasteiger partial charge on any atom is 0.143 e. The van der Waals surface area contributed by atoms with Gasteiger partial charge in [-0.3, -0.25) is 0 Å². The zero-order valence-electron chi connectivity index (χ0n) is 30.5. The molecule has 0 N–H and O–H groups in total. The highest BCUT2D eigenvalue weighted by Gasteiger charge is 2.36. The van der Waals surface area contributed by atoms with Crippen LogP contribution in [0.5, 0.6) is 0 Å². The lowest BCUT2D eigenvalue weighted by molar-refractivity contribution is 0.660. The Balaban J connectivity index is 1.02.